The van der Waals surface area contributed by atoms with E-state index in [1.54, 1.807) is 6.92 Å². The van der Waals surface area contributed by atoms with Gasteiger partial charge in [-0.05, 0) is 19.4 Å². The highest BCUT2D eigenvalue weighted by Crippen LogP contribution is 2.02. The van der Waals surface area contributed by atoms with Gasteiger partial charge in [0.2, 0.25) is 11.8 Å². The van der Waals surface area contributed by atoms with Crippen molar-refractivity contribution in [2.24, 2.45) is 5.73 Å². The van der Waals surface area contributed by atoms with Crippen molar-refractivity contribution in [3.8, 4) is 0 Å². The van der Waals surface area contributed by atoms with Crippen molar-refractivity contribution in [3.05, 3.63) is 11.8 Å². The van der Waals surface area contributed by atoms with Crippen LogP contribution in [0.2, 0.25) is 0 Å². The van der Waals surface area contributed by atoms with E-state index >= 15 is 0 Å². The molecule has 1 aromatic heterocycles. The molecule has 1 heterocycles. The lowest BCUT2D eigenvalue weighted by Crippen LogP contribution is -1.98. The first-order valence-electron chi connectivity index (χ1n) is 3.82. The van der Waals surface area contributed by atoms with Crippen LogP contribution in [0, 0.1) is 6.92 Å². The molecule has 0 saturated carbocycles. The molecule has 11 heavy (non-hydrogen) atoms. The van der Waals surface area contributed by atoms with Crippen LogP contribution in [0.15, 0.2) is 4.42 Å². The van der Waals surface area contributed by atoms with Gasteiger partial charge in [0.05, 0.1) is 0 Å². The summed E-state index contributed by atoms with van der Waals surface area (Å²) in [5.41, 5.74) is 5.33. The second kappa shape index (κ2) is 4.08. The standard InChI is InChI=1S/C7H13N3O/c1-6-9-10-7(11-6)4-2-3-5-8/h2-5,8H2,1H3. The van der Waals surface area contributed by atoms with E-state index in [9.17, 15) is 0 Å². The Kier molecular flexibility index (Phi) is 3.04. The Hall–Kier alpha value is -0.900. The Balaban J connectivity index is 2.27. The van der Waals surface area contributed by atoms with E-state index in [1.165, 1.54) is 0 Å². The fourth-order valence-corrected chi connectivity index (χ4v) is 0.859. The first-order valence-corrected chi connectivity index (χ1v) is 3.82. The zero-order valence-electron chi connectivity index (χ0n) is 6.71. The summed E-state index contributed by atoms with van der Waals surface area (Å²) in [7, 11) is 0. The molecule has 4 heteroatoms. The summed E-state index contributed by atoms with van der Waals surface area (Å²) in [5.74, 6) is 1.35. The van der Waals surface area contributed by atoms with Gasteiger partial charge in [0.15, 0.2) is 0 Å². The lowest BCUT2D eigenvalue weighted by Gasteiger charge is -1.91. The van der Waals surface area contributed by atoms with Crippen LogP contribution in [0.1, 0.15) is 24.6 Å². The Morgan fingerprint density at radius 1 is 1.36 bits per heavy atom. The molecular formula is C7H13N3O. The predicted molar refractivity (Wildman–Crippen MR) is 41.0 cm³/mol. The highest BCUT2D eigenvalue weighted by molar-refractivity contribution is 4.78. The molecule has 0 unspecified atom stereocenters. The van der Waals surface area contributed by atoms with E-state index in [0.717, 1.165) is 31.7 Å². The number of hydrogen-bond donors (Lipinski definition) is 1. The molecule has 0 atom stereocenters. The van der Waals surface area contributed by atoms with Crippen LogP contribution in [-0.2, 0) is 6.42 Å². The molecule has 0 aromatic carbocycles. The van der Waals surface area contributed by atoms with E-state index in [1.807, 2.05) is 0 Å². The maximum absolute atomic E-state index is 5.33. The van der Waals surface area contributed by atoms with Crippen LogP contribution < -0.4 is 5.73 Å². The molecule has 62 valence electrons. The third-order valence-corrected chi connectivity index (χ3v) is 1.41. The number of nitrogens with zero attached hydrogens (tertiary/aromatic N) is 2. The van der Waals surface area contributed by atoms with Crippen molar-refractivity contribution in [2.45, 2.75) is 26.2 Å². The van der Waals surface area contributed by atoms with Gasteiger partial charge in [-0.1, -0.05) is 0 Å². The summed E-state index contributed by atoms with van der Waals surface area (Å²) in [6.45, 7) is 2.52. The second-order valence-electron chi connectivity index (χ2n) is 2.46. The Bertz CT molecular complexity index is 209. The van der Waals surface area contributed by atoms with E-state index in [-0.39, 0.29) is 0 Å². The molecule has 0 fully saturated rings. The highest BCUT2D eigenvalue weighted by Gasteiger charge is 1.99. The number of aryl methyl sites for hydroxylation is 2. The van der Waals surface area contributed by atoms with Crippen LogP contribution in [0.3, 0.4) is 0 Å². The van der Waals surface area contributed by atoms with Crippen LogP contribution in [0.4, 0.5) is 0 Å². The smallest absolute Gasteiger partial charge is 0.216 e. The number of nitrogens with two attached hydrogens (primary N) is 1. The third kappa shape index (κ3) is 2.67. The summed E-state index contributed by atoms with van der Waals surface area (Å²) in [5, 5.41) is 7.58. The predicted octanol–water partition coefficient (Wildman–Crippen LogP) is 0.659. The maximum atomic E-state index is 5.33. The largest absolute Gasteiger partial charge is 0.426 e. The summed E-state index contributed by atoms with van der Waals surface area (Å²) in [4.78, 5) is 0. The second-order valence-corrected chi connectivity index (χ2v) is 2.46. The quantitative estimate of drug-likeness (QED) is 0.649. The van der Waals surface area contributed by atoms with Crippen molar-refractivity contribution in [2.75, 3.05) is 6.54 Å². The van der Waals surface area contributed by atoms with Gasteiger partial charge >= 0.3 is 0 Å². The van der Waals surface area contributed by atoms with Gasteiger partial charge in [0, 0.05) is 13.3 Å². The van der Waals surface area contributed by atoms with Gasteiger partial charge < -0.3 is 10.2 Å². The van der Waals surface area contributed by atoms with Gasteiger partial charge in [-0.15, -0.1) is 10.2 Å². The lowest BCUT2D eigenvalue weighted by atomic mass is 10.2. The summed E-state index contributed by atoms with van der Waals surface area (Å²) < 4.78 is 5.17. The van der Waals surface area contributed by atoms with Gasteiger partial charge in [-0.25, -0.2) is 0 Å². The van der Waals surface area contributed by atoms with Crippen molar-refractivity contribution < 1.29 is 4.42 Å². The van der Waals surface area contributed by atoms with Gasteiger partial charge in [0.1, 0.15) is 0 Å². The maximum Gasteiger partial charge on any atom is 0.216 e. The molecule has 0 amide bonds. The van der Waals surface area contributed by atoms with Crippen molar-refractivity contribution in [3.63, 3.8) is 0 Å². The molecule has 1 rings (SSSR count). The molecule has 0 saturated heterocycles. The molecule has 0 bridgehead atoms. The lowest BCUT2D eigenvalue weighted by molar-refractivity contribution is 0.459. The topological polar surface area (TPSA) is 64.9 Å². The van der Waals surface area contributed by atoms with E-state index < -0.39 is 0 Å². The van der Waals surface area contributed by atoms with E-state index in [2.05, 4.69) is 10.2 Å². The number of hydrogen-bond acceptors (Lipinski definition) is 4. The molecule has 0 spiro atoms. The average Bonchev–Trinajstić information content (AvgIpc) is 2.37. The molecular weight excluding hydrogens is 142 g/mol. The molecule has 0 aliphatic carbocycles. The highest BCUT2D eigenvalue weighted by atomic mass is 16.4. The van der Waals surface area contributed by atoms with Crippen LogP contribution in [0.5, 0.6) is 0 Å². The zero-order valence-corrected chi connectivity index (χ0v) is 6.71. The van der Waals surface area contributed by atoms with E-state index in [0.29, 0.717) is 5.89 Å². The van der Waals surface area contributed by atoms with E-state index in [4.69, 9.17) is 10.2 Å². The first-order chi connectivity index (χ1) is 5.33. The van der Waals surface area contributed by atoms with Gasteiger partial charge in [-0.3, -0.25) is 0 Å². The molecule has 0 aliphatic rings. The number of aromatic nitrogens is 2. The molecule has 0 radical (unpaired) electrons. The third-order valence-electron chi connectivity index (χ3n) is 1.41. The number of rotatable bonds is 4. The van der Waals surface area contributed by atoms with Crippen molar-refractivity contribution >= 4 is 0 Å². The van der Waals surface area contributed by atoms with Crippen molar-refractivity contribution in [1.29, 1.82) is 0 Å². The summed E-state index contributed by atoms with van der Waals surface area (Å²) in [6.07, 6.45) is 2.89. The molecule has 4 nitrogen and oxygen atoms in total. The normalized spacial score (nSPS) is 10.4. The minimum absolute atomic E-state index is 0.632. The zero-order chi connectivity index (χ0) is 8.10. The van der Waals surface area contributed by atoms with Crippen molar-refractivity contribution in [1.82, 2.24) is 10.2 Å². The minimum Gasteiger partial charge on any atom is -0.426 e. The first kappa shape index (κ1) is 8.20. The molecule has 2 N–H and O–H groups in total. The molecule has 1 aromatic rings. The number of unbranched alkanes of at least 4 members (excludes halogenated alkanes) is 1. The van der Waals surface area contributed by atoms with Gasteiger partial charge in [-0.2, -0.15) is 0 Å². The SMILES string of the molecule is Cc1nnc(CCCCN)o1. The van der Waals surface area contributed by atoms with Crippen LogP contribution >= 0.6 is 0 Å². The Labute approximate surface area is 65.8 Å². The fourth-order valence-electron chi connectivity index (χ4n) is 0.859. The Morgan fingerprint density at radius 2 is 2.18 bits per heavy atom. The average molecular weight is 155 g/mol. The van der Waals surface area contributed by atoms with Gasteiger partial charge in [0.25, 0.3) is 0 Å². The summed E-state index contributed by atoms with van der Waals surface area (Å²) >= 11 is 0. The minimum atomic E-state index is 0.632. The molecule has 0 aliphatic heterocycles. The fraction of sp³-hybridized carbons (Fsp3) is 0.714. The Morgan fingerprint density at radius 3 is 2.73 bits per heavy atom. The monoisotopic (exact) mass is 155 g/mol. The summed E-state index contributed by atoms with van der Waals surface area (Å²) in [6, 6.07) is 0. The van der Waals surface area contributed by atoms with Crippen LogP contribution in [0.25, 0.3) is 0 Å². The van der Waals surface area contributed by atoms with Crippen LogP contribution in [-0.4, -0.2) is 16.7 Å².